The molecule has 0 rings (SSSR count). The van der Waals surface area contributed by atoms with E-state index in [9.17, 15) is 87.9 Å². The van der Waals surface area contributed by atoms with Gasteiger partial charge in [0.05, 0.1) is 32.2 Å². The summed E-state index contributed by atoms with van der Waals surface area (Å²) in [5.74, 6) is -14.9. The maximum Gasteiger partial charge on any atom is 0.326 e. The van der Waals surface area contributed by atoms with Gasteiger partial charge in [0, 0.05) is 12.8 Å². The van der Waals surface area contributed by atoms with Crippen LogP contribution < -0.4 is 65.1 Å². The van der Waals surface area contributed by atoms with E-state index in [0.717, 1.165) is 0 Å². The van der Waals surface area contributed by atoms with Gasteiger partial charge in [-0.15, -0.1) is 0 Å². The molecule has 0 radical (unpaired) electrons. The number of carboxylic acids is 3. The number of unbranched alkanes of at least 4 members (excludes halogenated alkanes) is 1. The zero-order valence-electron chi connectivity index (χ0n) is 42.9. The third-order valence-corrected chi connectivity index (χ3v) is 12.5. The van der Waals surface area contributed by atoms with E-state index < -0.39 is 189 Å². The third-order valence-electron chi connectivity index (χ3n) is 11.2. The van der Waals surface area contributed by atoms with Crippen LogP contribution in [0.5, 0.6) is 0 Å². The van der Waals surface area contributed by atoms with Crippen LogP contribution in [0, 0.1) is 5.92 Å². The summed E-state index contributed by atoms with van der Waals surface area (Å²) < 4.78 is 0. The summed E-state index contributed by atoms with van der Waals surface area (Å²) in [6.07, 6.45) is 1.08. The number of thioether (sulfide) groups is 2. The molecule has 0 spiro atoms. The number of aliphatic hydroxyl groups excluding tert-OH is 2. The molecular weight excluding hydrogens is 1050 g/mol. The van der Waals surface area contributed by atoms with E-state index in [2.05, 4.69) is 47.9 Å². The molecule has 432 valence electrons. The summed E-state index contributed by atoms with van der Waals surface area (Å²) in [7, 11) is 0. The number of aliphatic hydroxyl groups is 2. The first-order chi connectivity index (χ1) is 35.8. The summed E-state index contributed by atoms with van der Waals surface area (Å²) in [6.45, 7) is 0.532. The molecule has 0 aromatic rings. The lowest BCUT2D eigenvalue weighted by Crippen LogP contribution is -2.61. The number of nitrogens with two attached hydrogens (primary N) is 3. The minimum atomic E-state index is -1.97. The standard InChI is InChI=1S/C44H76N12O18S2/c1-5-22(2)35(44(73)74)56-41(70)28(18-34(63)64)53-40(69)27(14-17-76-4)52-38(67)25(9-11-31(47)59)50-42(71)30(21-58)55-39(68)26(10-12-33(61)62)51-43(72)29(20-57)54-37(66)24(8-6-7-15-45)49-32(60)19-48-36(65)23(46)13-16-75-3/h22-30,35,57-58H,5-21,45-46H2,1-4H3,(H2,47,59)(H,48,65)(H,49,60)(H,50,71)(H,51,72)(H,52,67)(H,53,69)(H,54,66)(H,55,68)(H,56,70)(H,61,62)(H,63,64)(H,73,74)/t22-,23-,24-,25-,26-,27-,28-,29-,30-,35-/m0/s1. The number of hydrogen-bond acceptors (Lipinski definition) is 19. The first-order valence-corrected chi connectivity index (χ1v) is 26.9. The lowest BCUT2D eigenvalue weighted by Gasteiger charge is -2.27. The van der Waals surface area contributed by atoms with Crippen molar-refractivity contribution in [3.63, 3.8) is 0 Å². The summed E-state index contributed by atoms with van der Waals surface area (Å²) in [5, 5.41) is 69.2. The topological polar surface area (TPSA) is 509 Å². The Bertz CT molecular complexity index is 1990. The maximum absolute atomic E-state index is 13.8. The minimum absolute atomic E-state index is 0.0192. The van der Waals surface area contributed by atoms with Crippen molar-refractivity contribution in [3.05, 3.63) is 0 Å². The van der Waals surface area contributed by atoms with Gasteiger partial charge in [0.25, 0.3) is 0 Å². The van der Waals surface area contributed by atoms with Crippen molar-refractivity contribution in [2.24, 2.45) is 23.1 Å². The first-order valence-electron chi connectivity index (χ1n) is 24.1. The van der Waals surface area contributed by atoms with Crippen molar-refractivity contribution in [2.75, 3.05) is 50.3 Å². The molecule has 0 aliphatic heterocycles. The number of amides is 10. The van der Waals surface area contributed by atoms with Crippen molar-refractivity contribution in [1.29, 1.82) is 0 Å². The fourth-order valence-corrected chi connectivity index (χ4v) is 7.58. The summed E-state index contributed by atoms with van der Waals surface area (Å²) in [4.78, 5) is 167. The smallest absolute Gasteiger partial charge is 0.326 e. The molecule has 10 amide bonds. The van der Waals surface area contributed by atoms with Gasteiger partial charge < -0.3 is 90.6 Å². The summed E-state index contributed by atoms with van der Waals surface area (Å²) >= 11 is 2.67. The minimum Gasteiger partial charge on any atom is -0.481 e. The maximum atomic E-state index is 13.8. The predicted molar refractivity (Wildman–Crippen MR) is 274 cm³/mol. The molecule has 0 aliphatic rings. The summed E-state index contributed by atoms with van der Waals surface area (Å²) in [6, 6.07) is -14.5. The van der Waals surface area contributed by atoms with E-state index in [-0.39, 0.29) is 25.1 Å². The van der Waals surface area contributed by atoms with E-state index in [1.165, 1.54) is 30.4 Å². The molecule has 0 unspecified atom stereocenters. The largest absolute Gasteiger partial charge is 0.481 e. The Kier molecular flexibility index (Phi) is 35.0. The van der Waals surface area contributed by atoms with Crippen molar-refractivity contribution in [2.45, 2.75) is 139 Å². The molecule has 0 aliphatic carbocycles. The third kappa shape index (κ3) is 28.0. The van der Waals surface area contributed by atoms with Gasteiger partial charge in [0.15, 0.2) is 0 Å². The van der Waals surface area contributed by atoms with Gasteiger partial charge in [-0.2, -0.15) is 23.5 Å². The van der Waals surface area contributed by atoms with E-state index in [1.807, 2.05) is 6.26 Å². The second-order valence-electron chi connectivity index (χ2n) is 17.3. The molecule has 20 N–H and O–H groups in total. The number of carboxylic acid groups (broad SMARTS) is 3. The molecule has 32 heteroatoms. The number of rotatable bonds is 41. The number of carbonyl (C=O) groups is 13. The second-order valence-corrected chi connectivity index (χ2v) is 19.2. The lowest BCUT2D eigenvalue weighted by molar-refractivity contribution is -0.145. The molecular formula is C44H76N12O18S2. The quantitative estimate of drug-likeness (QED) is 0.0253. The van der Waals surface area contributed by atoms with Gasteiger partial charge >= 0.3 is 17.9 Å². The molecule has 0 heterocycles. The van der Waals surface area contributed by atoms with Gasteiger partial charge in [0.1, 0.15) is 48.3 Å². The van der Waals surface area contributed by atoms with Gasteiger partial charge in [0.2, 0.25) is 59.1 Å². The molecule has 0 saturated carbocycles. The highest BCUT2D eigenvalue weighted by Crippen LogP contribution is 2.11. The Morgan fingerprint density at radius 2 is 0.934 bits per heavy atom. The van der Waals surface area contributed by atoms with Crippen LogP contribution in [0.2, 0.25) is 0 Å². The number of carbonyl (C=O) groups excluding carboxylic acids is 10. The molecule has 0 aromatic carbocycles. The zero-order chi connectivity index (χ0) is 58.1. The normalized spacial score (nSPS) is 14.9. The van der Waals surface area contributed by atoms with Crippen LogP contribution in [-0.4, -0.2) is 207 Å². The highest BCUT2D eigenvalue weighted by atomic mass is 32.2. The molecule has 0 bridgehead atoms. The van der Waals surface area contributed by atoms with E-state index >= 15 is 0 Å². The Hall–Kier alpha value is -6.35. The molecule has 76 heavy (non-hydrogen) atoms. The van der Waals surface area contributed by atoms with E-state index in [1.54, 1.807) is 13.2 Å². The fraction of sp³-hybridized carbons (Fsp3) is 0.705. The van der Waals surface area contributed by atoms with Gasteiger partial charge in [-0.1, -0.05) is 20.3 Å². The van der Waals surface area contributed by atoms with Crippen LogP contribution in [0.1, 0.15) is 84.5 Å². The van der Waals surface area contributed by atoms with Gasteiger partial charge in [-0.25, -0.2) is 4.79 Å². The van der Waals surface area contributed by atoms with Crippen LogP contribution >= 0.6 is 23.5 Å². The van der Waals surface area contributed by atoms with Crippen LogP contribution in [-0.2, 0) is 62.3 Å². The summed E-state index contributed by atoms with van der Waals surface area (Å²) in [5.41, 5.74) is 16.7. The van der Waals surface area contributed by atoms with Crippen molar-refractivity contribution in [3.8, 4) is 0 Å². The average molecular weight is 1130 g/mol. The predicted octanol–water partition coefficient (Wildman–Crippen LogP) is -6.34. The fourth-order valence-electron chi connectivity index (χ4n) is 6.62. The molecule has 30 nitrogen and oxygen atoms in total. The average Bonchev–Trinajstić information content (AvgIpc) is 3.36. The SMILES string of the molecule is CC[C@H](C)[C@H](NC(=O)[C@H](CC(=O)O)NC(=O)[C@H](CCSC)NC(=O)[C@H](CCC(N)=O)NC(=O)[C@H](CO)NC(=O)[C@H](CCC(=O)O)NC(=O)[C@H](CO)NC(=O)[C@H](CCCCN)NC(=O)CNC(=O)[C@@H](N)CCSC)C(=O)O. The van der Waals surface area contributed by atoms with Crippen molar-refractivity contribution >= 4 is 101 Å². The van der Waals surface area contributed by atoms with Crippen LogP contribution in [0.15, 0.2) is 0 Å². The monoisotopic (exact) mass is 1120 g/mol. The first kappa shape index (κ1) is 69.7. The number of hydrogen-bond donors (Lipinski definition) is 17. The van der Waals surface area contributed by atoms with Gasteiger partial charge in [-0.05, 0) is 81.4 Å². The zero-order valence-corrected chi connectivity index (χ0v) is 44.5. The van der Waals surface area contributed by atoms with Crippen molar-refractivity contribution < 1.29 is 87.9 Å². The van der Waals surface area contributed by atoms with Crippen LogP contribution in [0.3, 0.4) is 0 Å². The second kappa shape index (κ2) is 38.2. The van der Waals surface area contributed by atoms with Gasteiger partial charge in [-0.3, -0.25) is 57.5 Å². The molecule has 0 aromatic heterocycles. The number of primary amides is 1. The van der Waals surface area contributed by atoms with Crippen molar-refractivity contribution in [1.82, 2.24) is 47.9 Å². The van der Waals surface area contributed by atoms with E-state index in [4.69, 9.17) is 17.2 Å². The highest BCUT2D eigenvalue weighted by molar-refractivity contribution is 7.98. The Morgan fingerprint density at radius 3 is 1.36 bits per heavy atom. The Labute approximate surface area is 447 Å². The van der Waals surface area contributed by atoms with Crippen LogP contribution in [0.4, 0.5) is 0 Å². The Balaban J connectivity index is 6.44. The van der Waals surface area contributed by atoms with Crippen LogP contribution in [0.25, 0.3) is 0 Å². The number of aliphatic carboxylic acids is 3. The highest BCUT2D eigenvalue weighted by Gasteiger charge is 2.36. The molecule has 0 saturated heterocycles. The lowest BCUT2D eigenvalue weighted by atomic mass is 9.98. The molecule has 10 atom stereocenters. The number of nitrogens with one attached hydrogen (secondary N) is 9. The Morgan fingerprint density at radius 1 is 0.513 bits per heavy atom. The van der Waals surface area contributed by atoms with E-state index in [0.29, 0.717) is 31.4 Å². The molecule has 0 fully saturated rings.